The molecule has 0 heterocycles. The third-order valence-electron chi connectivity index (χ3n) is 2.69. The number of benzene rings is 2. The highest BCUT2D eigenvalue weighted by atomic mass is 19.1. The SMILES string of the molecule is CCCOc1ccc(NC(=O)c2ccc(F)cc2)cc1. The summed E-state index contributed by atoms with van der Waals surface area (Å²) in [6, 6.07) is 12.6. The third-order valence-corrected chi connectivity index (χ3v) is 2.69. The van der Waals surface area contributed by atoms with Gasteiger partial charge in [0.2, 0.25) is 0 Å². The summed E-state index contributed by atoms with van der Waals surface area (Å²) in [5.41, 5.74) is 1.08. The van der Waals surface area contributed by atoms with Crippen LogP contribution in [0.15, 0.2) is 48.5 Å². The fourth-order valence-corrected chi connectivity index (χ4v) is 1.66. The van der Waals surface area contributed by atoms with Crippen LogP contribution < -0.4 is 10.1 Å². The Balaban J connectivity index is 1.99. The Hall–Kier alpha value is -2.36. The van der Waals surface area contributed by atoms with E-state index in [4.69, 9.17) is 4.74 Å². The standard InChI is InChI=1S/C16H16FNO2/c1-2-11-20-15-9-7-14(8-10-15)18-16(19)12-3-5-13(17)6-4-12/h3-10H,2,11H2,1H3,(H,18,19). The second-order valence-corrected chi connectivity index (χ2v) is 4.33. The first kappa shape index (κ1) is 14.1. The summed E-state index contributed by atoms with van der Waals surface area (Å²) in [5.74, 6) is 0.137. The zero-order valence-corrected chi connectivity index (χ0v) is 11.2. The highest BCUT2D eigenvalue weighted by Crippen LogP contribution is 2.16. The zero-order chi connectivity index (χ0) is 14.4. The predicted molar refractivity (Wildman–Crippen MR) is 76.6 cm³/mol. The van der Waals surface area contributed by atoms with E-state index in [1.165, 1.54) is 24.3 Å². The lowest BCUT2D eigenvalue weighted by molar-refractivity contribution is 0.102. The van der Waals surface area contributed by atoms with Crippen LogP contribution >= 0.6 is 0 Å². The normalized spacial score (nSPS) is 10.1. The molecule has 0 unspecified atom stereocenters. The molecule has 2 rings (SSSR count). The van der Waals surface area contributed by atoms with Gasteiger partial charge in [0.15, 0.2) is 0 Å². The van der Waals surface area contributed by atoms with Gasteiger partial charge in [0.25, 0.3) is 5.91 Å². The molecule has 0 radical (unpaired) electrons. The number of amides is 1. The maximum absolute atomic E-state index is 12.8. The molecule has 4 heteroatoms. The van der Waals surface area contributed by atoms with Gasteiger partial charge >= 0.3 is 0 Å². The van der Waals surface area contributed by atoms with Gasteiger partial charge < -0.3 is 10.1 Å². The van der Waals surface area contributed by atoms with E-state index in [0.29, 0.717) is 17.9 Å². The average Bonchev–Trinajstić information content (AvgIpc) is 2.47. The lowest BCUT2D eigenvalue weighted by Gasteiger charge is -2.07. The topological polar surface area (TPSA) is 38.3 Å². The van der Waals surface area contributed by atoms with E-state index < -0.39 is 0 Å². The molecule has 0 aliphatic rings. The van der Waals surface area contributed by atoms with Gasteiger partial charge in [-0.25, -0.2) is 4.39 Å². The van der Waals surface area contributed by atoms with Crippen molar-refractivity contribution in [1.29, 1.82) is 0 Å². The molecule has 3 nitrogen and oxygen atoms in total. The molecule has 0 bridgehead atoms. The van der Waals surface area contributed by atoms with Crippen LogP contribution in [0.5, 0.6) is 5.75 Å². The molecule has 0 atom stereocenters. The number of carbonyl (C=O) groups excluding carboxylic acids is 1. The number of anilines is 1. The Kier molecular flexibility index (Phi) is 4.71. The number of carbonyl (C=O) groups is 1. The third kappa shape index (κ3) is 3.82. The minimum absolute atomic E-state index is 0.271. The summed E-state index contributed by atoms with van der Waals surface area (Å²) < 4.78 is 18.2. The van der Waals surface area contributed by atoms with Gasteiger partial charge in [-0.1, -0.05) is 6.92 Å². The number of hydrogen-bond acceptors (Lipinski definition) is 2. The number of halogens is 1. The minimum Gasteiger partial charge on any atom is -0.494 e. The van der Waals surface area contributed by atoms with Gasteiger partial charge in [0, 0.05) is 11.3 Å². The van der Waals surface area contributed by atoms with Crippen molar-refractivity contribution in [2.75, 3.05) is 11.9 Å². The summed E-state index contributed by atoms with van der Waals surface area (Å²) in [5, 5.41) is 2.74. The monoisotopic (exact) mass is 273 g/mol. The van der Waals surface area contributed by atoms with Gasteiger partial charge in [-0.15, -0.1) is 0 Å². The molecular weight excluding hydrogens is 257 g/mol. The van der Waals surface area contributed by atoms with Crippen LogP contribution in [0, 0.1) is 5.82 Å². The van der Waals surface area contributed by atoms with Crippen molar-refractivity contribution in [2.45, 2.75) is 13.3 Å². The fraction of sp³-hybridized carbons (Fsp3) is 0.188. The lowest BCUT2D eigenvalue weighted by atomic mass is 10.2. The number of hydrogen-bond donors (Lipinski definition) is 1. The van der Waals surface area contributed by atoms with E-state index in [9.17, 15) is 9.18 Å². The van der Waals surface area contributed by atoms with Crippen molar-refractivity contribution in [2.24, 2.45) is 0 Å². The summed E-state index contributed by atoms with van der Waals surface area (Å²) in [4.78, 5) is 11.9. The molecule has 0 fully saturated rings. The minimum atomic E-state index is -0.362. The van der Waals surface area contributed by atoms with Gasteiger partial charge in [-0.3, -0.25) is 4.79 Å². The number of rotatable bonds is 5. The number of ether oxygens (including phenoxy) is 1. The van der Waals surface area contributed by atoms with Gasteiger partial charge in [-0.05, 0) is 55.0 Å². The fourth-order valence-electron chi connectivity index (χ4n) is 1.66. The van der Waals surface area contributed by atoms with E-state index >= 15 is 0 Å². The van der Waals surface area contributed by atoms with E-state index in [-0.39, 0.29) is 11.7 Å². The van der Waals surface area contributed by atoms with E-state index in [1.807, 2.05) is 6.92 Å². The second kappa shape index (κ2) is 6.70. The number of nitrogens with one attached hydrogen (secondary N) is 1. The van der Waals surface area contributed by atoms with Crippen LogP contribution in [0.4, 0.5) is 10.1 Å². The quantitative estimate of drug-likeness (QED) is 0.898. The van der Waals surface area contributed by atoms with Crippen molar-refractivity contribution in [3.8, 4) is 5.75 Å². The van der Waals surface area contributed by atoms with E-state index in [2.05, 4.69) is 5.32 Å². The van der Waals surface area contributed by atoms with Crippen LogP contribution in [0.1, 0.15) is 23.7 Å². The van der Waals surface area contributed by atoms with Gasteiger partial charge in [0.05, 0.1) is 6.61 Å². The Morgan fingerprint density at radius 3 is 2.35 bits per heavy atom. The van der Waals surface area contributed by atoms with E-state index in [1.54, 1.807) is 24.3 Å². The predicted octanol–water partition coefficient (Wildman–Crippen LogP) is 3.87. The molecule has 20 heavy (non-hydrogen) atoms. The van der Waals surface area contributed by atoms with Crippen LogP contribution in [0.25, 0.3) is 0 Å². The second-order valence-electron chi connectivity index (χ2n) is 4.33. The first-order valence-corrected chi connectivity index (χ1v) is 6.49. The van der Waals surface area contributed by atoms with Gasteiger partial charge in [0.1, 0.15) is 11.6 Å². The van der Waals surface area contributed by atoms with Crippen LogP contribution in [-0.4, -0.2) is 12.5 Å². The summed E-state index contributed by atoms with van der Waals surface area (Å²) in [6.45, 7) is 2.71. The zero-order valence-electron chi connectivity index (χ0n) is 11.2. The first-order valence-electron chi connectivity index (χ1n) is 6.49. The molecule has 0 aliphatic carbocycles. The molecule has 0 saturated carbocycles. The molecule has 2 aromatic rings. The first-order chi connectivity index (χ1) is 9.69. The maximum Gasteiger partial charge on any atom is 0.255 e. The molecule has 1 amide bonds. The maximum atomic E-state index is 12.8. The Labute approximate surface area is 117 Å². The molecule has 0 spiro atoms. The molecule has 0 saturated heterocycles. The Bertz CT molecular complexity index is 564. The Morgan fingerprint density at radius 2 is 1.75 bits per heavy atom. The average molecular weight is 273 g/mol. The van der Waals surface area contributed by atoms with Gasteiger partial charge in [-0.2, -0.15) is 0 Å². The summed E-state index contributed by atoms with van der Waals surface area (Å²) >= 11 is 0. The highest BCUT2D eigenvalue weighted by molar-refractivity contribution is 6.04. The van der Waals surface area contributed by atoms with Crippen molar-refractivity contribution in [3.63, 3.8) is 0 Å². The molecule has 2 aromatic carbocycles. The van der Waals surface area contributed by atoms with Crippen molar-refractivity contribution in [3.05, 3.63) is 59.9 Å². The molecular formula is C16H16FNO2. The highest BCUT2D eigenvalue weighted by Gasteiger charge is 2.06. The molecule has 0 aromatic heterocycles. The summed E-state index contributed by atoms with van der Waals surface area (Å²) in [6.07, 6.45) is 0.947. The van der Waals surface area contributed by atoms with Crippen LogP contribution in [0.3, 0.4) is 0 Å². The Morgan fingerprint density at radius 1 is 1.10 bits per heavy atom. The van der Waals surface area contributed by atoms with Crippen LogP contribution in [0.2, 0.25) is 0 Å². The largest absolute Gasteiger partial charge is 0.494 e. The summed E-state index contributed by atoms with van der Waals surface area (Å²) in [7, 11) is 0. The molecule has 104 valence electrons. The van der Waals surface area contributed by atoms with E-state index in [0.717, 1.165) is 12.2 Å². The smallest absolute Gasteiger partial charge is 0.255 e. The van der Waals surface area contributed by atoms with Crippen molar-refractivity contribution < 1.29 is 13.9 Å². The molecule has 0 aliphatic heterocycles. The van der Waals surface area contributed by atoms with Crippen molar-refractivity contribution in [1.82, 2.24) is 0 Å². The van der Waals surface area contributed by atoms with Crippen LogP contribution in [-0.2, 0) is 0 Å². The molecule has 1 N–H and O–H groups in total. The van der Waals surface area contributed by atoms with Crippen molar-refractivity contribution >= 4 is 11.6 Å². The lowest BCUT2D eigenvalue weighted by Crippen LogP contribution is -2.11.